The van der Waals surface area contributed by atoms with Crippen molar-refractivity contribution in [2.24, 2.45) is 0 Å². The van der Waals surface area contributed by atoms with Crippen LogP contribution in [-0.2, 0) is 6.42 Å². The smallest absolute Gasteiger partial charge is 0.258 e. The molecule has 0 spiro atoms. The van der Waals surface area contributed by atoms with Crippen molar-refractivity contribution in [3.8, 4) is 0 Å². The Morgan fingerprint density at radius 1 is 1.24 bits per heavy atom. The Morgan fingerprint density at radius 2 is 1.71 bits per heavy atom. The van der Waals surface area contributed by atoms with Crippen molar-refractivity contribution >= 4 is 40.5 Å². The van der Waals surface area contributed by atoms with Gasteiger partial charge in [0.1, 0.15) is 4.49 Å². The molecule has 6 heteroatoms. The second kappa shape index (κ2) is 5.71. The van der Waals surface area contributed by atoms with Gasteiger partial charge in [-0.15, -0.1) is 0 Å². The maximum Gasteiger partial charge on any atom is 0.269 e. The van der Waals surface area contributed by atoms with E-state index in [0.717, 1.165) is 16.7 Å². The van der Waals surface area contributed by atoms with Gasteiger partial charge in [0.05, 0.1) is 9.96 Å². The van der Waals surface area contributed by atoms with Crippen LogP contribution in [0.3, 0.4) is 0 Å². The minimum atomic E-state index is -0.421. The molecule has 0 heterocycles. The molecule has 17 heavy (non-hydrogen) atoms. The normalized spacial score (nSPS) is 10.2. The van der Waals surface area contributed by atoms with Gasteiger partial charge in [0.2, 0.25) is 0 Å². The summed E-state index contributed by atoms with van der Waals surface area (Å²) < 4.78 is 0.0174. The van der Waals surface area contributed by atoms with Gasteiger partial charge in [-0.05, 0) is 30.5 Å². The van der Waals surface area contributed by atoms with E-state index in [-0.39, 0.29) is 10.2 Å². The Bertz CT molecular complexity index is 470. The third-order valence-corrected chi connectivity index (χ3v) is 3.40. The number of hydrogen-bond donors (Lipinski definition) is 0. The summed E-state index contributed by atoms with van der Waals surface area (Å²) >= 11 is 17.0. The SMILES string of the molecule is Cc1cc([N+](=O)[O-])cc(C)c1CC(Cl)=C(Cl)Cl. The van der Waals surface area contributed by atoms with Crippen molar-refractivity contribution in [3.63, 3.8) is 0 Å². The highest BCUT2D eigenvalue weighted by Gasteiger charge is 2.13. The molecule has 92 valence electrons. The number of halogens is 3. The third kappa shape index (κ3) is 3.60. The summed E-state index contributed by atoms with van der Waals surface area (Å²) in [5.74, 6) is 0. The number of nitro benzene ring substituents is 1. The lowest BCUT2D eigenvalue weighted by molar-refractivity contribution is -0.385. The zero-order chi connectivity index (χ0) is 13.2. The van der Waals surface area contributed by atoms with Gasteiger partial charge in [0, 0.05) is 18.6 Å². The minimum absolute atomic E-state index is 0.0174. The molecule has 0 atom stereocenters. The number of non-ortho nitro benzene ring substituents is 1. The summed E-state index contributed by atoms with van der Waals surface area (Å²) in [5.41, 5.74) is 2.56. The minimum Gasteiger partial charge on any atom is -0.258 e. The van der Waals surface area contributed by atoms with Crippen LogP contribution in [0.2, 0.25) is 0 Å². The van der Waals surface area contributed by atoms with Crippen molar-refractivity contribution < 1.29 is 4.92 Å². The quantitative estimate of drug-likeness (QED) is 0.602. The Labute approximate surface area is 114 Å². The highest BCUT2D eigenvalue weighted by Crippen LogP contribution is 2.27. The Hall–Kier alpha value is -0.770. The number of nitro groups is 1. The monoisotopic (exact) mass is 293 g/mol. The molecule has 0 saturated carbocycles. The lowest BCUT2D eigenvalue weighted by Gasteiger charge is -2.09. The van der Waals surface area contributed by atoms with Gasteiger partial charge >= 0.3 is 0 Å². The molecule has 0 aliphatic carbocycles. The maximum atomic E-state index is 10.7. The molecule has 3 nitrogen and oxygen atoms in total. The van der Waals surface area contributed by atoms with Gasteiger partial charge in [-0.1, -0.05) is 34.8 Å². The van der Waals surface area contributed by atoms with Gasteiger partial charge in [0.15, 0.2) is 0 Å². The topological polar surface area (TPSA) is 43.1 Å². The molecule has 0 bridgehead atoms. The summed E-state index contributed by atoms with van der Waals surface area (Å²) in [4.78, 5) is 10.3. The lowest BCUT2D eigenvalue weighted by Crippen LogP contribution is -1.98. The van der Waals surface area contributed by atoms with Crippen LogP contribution < -0.4 is 0 Å². The Morgan fingerprint density at radius 3 is 2.06 bits per heavy atom. The number of allylic oxidation sites excluding steroid dienone is 1. The second-order valence-electron chi connectivity index (χ2n) is 3.66. The first-order valence-corrected chi connectivity index (χ1v) is 5.90. The molecule has 1 aromatic rings. The van der Waals surface area contributed by atoms with E-state index >= 15 is 0 Å². The molecule has 0 aromatic heterocycles. The highest BCUT2D eigenvalue weighted by atomic mass is 35.5. The van der Waals surface area contributed by atoms with Crippen molar-refractivity contribution in [1.29, 1.82) is 0 Å². The van der Waals surface area contributed by atoms with Crippen LogP contribution in [-0.4, -0.2) is 4.92 Å². The summed E-state index contributed by atoms with van der Waals surface area (Å²) in [5, 5.41) is 11.0. The van der Waals surface area contributed by atoms with Crippen LogP contribution in [0.15, 0.2) is 21.7 Å². The fourth-order valence-electron chi connectivity index (χ4n) is 1.58. The fraction of sp³-hybridized carbons (Fsp3) is 0.273. The van der Waals surface area contributed by atoms with Crippen molar-refractivity contribution in [3.05, 3.63) is 48.5 Å². The molecule has 0 N–H and O–H groups in total. The first-order chi connectivity index (χ1) is 7.82. The van der Waals surface area contributed by atoms with E-state index in [1.165, 1.54) is 12.1 Å². The molecule has 0 unspecified atom stereocenters. The molecular weight excluding hydrogens is 284 g/mol. The van der Waals surface area contributed by atoms with E-state index in [1.807, 2.05) is 0 Å². The molecule has 0 amide bonds. The first-order valence-electron chi connectivity index (χ1n) is 4.77. The van der Waals surface area contributed by atoms with Crippen molar-refractivity contribution in [1.82, 2.24) is 0 Å². The summed E-state index contributed by atoms with van der Waals surface area (Å²) in [6.45, 7) is 3.59. The molecule has 0 fully saturated rings. The van der Waals surface area contributed by atoms with E-state index in [9.17, 15) is 10.1 Å². The largest absolute Gasteiger partial charge is 0.269 e. The number of aryl methyl sites for hydroxylation is 2. The van der Waals surface area contributed by atoms with E-state index in [1.54, 1.807) is 13.8 Å². The lowest BCUT2D eigenvalue weighted by atomic mass is 9.99. The third-order valence-electron chi connectivity index (χ3n) is 2.43. The van der Waals surface area contributed by atoms with Gasteiger partial charge in [-0.3, -0.25) is 10.1 Å². The van der Waals surface area contributed by atoms with Crippen LogP contribution in [0.4, 0.5) is 5.69 Å². The zero-order valence-electron chi connectivity index (χ0n) is 9.26. The van der Waals surface area contributed by atoms with Crippen LogP contribution in [0.1, 0.15) is 16.7 Å². The van der Waals surface area contributed by atoms with Gasteiger partial charge < -0.3 is 0 Å². The molecule has 0 saturated heterocycles. The summed E-state index contributed by atoms with van der Waals surface area (Å²) in [6.07, 6.45) is 0.375. The standard InChI is InChI=1S/C11H10Cl3NO2/c1-6-3-8(15(16)17)4-7(2)9(6)5-10(12)11(13)14/h3-4H,5H2,1-2H3. The van der Waals surface area contributed by atoms with E-state index in [2.05, 4.69) is 0 Å². The number of hydrogen-bond acceptors (Lipinski definition) is 2. The van der Waals surface area contributed by atoms with Crippen LogP contribution in [0.25, 0.3) is 0 Å². The summed E-state index contributed by atoms with van der Waals surface area (Å²) in [6, 6.07) is 3.02. The van der Waals surface area contributed by atoms with Gasteiger partial charge in [-0.2, -0.15) is 0 Å². The van der Waals surface area contributed by atoms with Crippen LogP contribution in [0, 0.1) is 24.0 Å². The average Bonchev–Trinajstić information content (AvgIpc) is 2.22. The van der Waals surface area contributed by atoms with Crippen LogP contribution >= 0.6 is 34.8 Å². The molecule has 1 aromatic carbocycles. The fourth-order valence-corrected chi connectivity index (χ4v) is 1.84. The number of nitrogens with zero attached hydrogens (tertiary/aromatic N) is 1. The van der Waals surface area contributed by atoms with Crippen molar-refractivity contribution in [2.75, 3.05) is 0 Å². The van der Waals surface area contributed by atoms with E-state index in [4.69, 9.17) is 34.8 Å². The Kier molecular flexibility index (Phi) is 4.80. The number of benzene rings is 1. The zero-order valence-corrected chi connectivity index (χ0v) is 11.5. The first kappa shape index (κ1) is 14.3. The molecule has 1 rings (SSSR count). The summed E-state index contributed by atoms with van der Waals surface area (Å²) in [7, 11) is 0. The highest BCUT2D eigenvalue weighted by molar-refractivity contribution is 6.59. The van der Waals surface area contributed by atoms with E-state index < -0.39 is 4.92 Å². The predicted octanol–water partition coefficient (Wildman–Crippen LogP) is 4.64. The second-order valence-corrected chi connectivity index (χ2v) is 5.06. The number of rotatable bonds is 3. The molecule has 0 aliphatic heterocycles. The Balaban J connectivity index is 3.19. The van der Waals surface area contributed by atoms with E-state index in [0.29, 0.717) is 11.5 Å². The molecule has 0 aliphatic rings. The van der Waals surface area contributed by atoms with Gasteiger partial charge in [-0.25, -0.2) is 0 Å². The van der Waals surface area contributed by atoms with Crippen LogP contribution in [0.5, 0.6) is 0 Å². The molecular formula is C11H10Cl3NO2. The maximum absolute atomic E-state index is 10.7. The van der Waals surface area contributed by atoms with Gasteiger partial charge in [0.25, 0.3) is 5.69 Å². The average molecular weight is 295 g/mol. The van der Waals surface area contributed by atoms with Crippen molar-refractivity contribution in [2.45, 2.75) is 20.3 Å². The predicted molar refractivity (Wildman–Crippen MR) is 70.9 cm³/mol. The molecule has 0 radical (unpaired) electrons.